The number of benzene rings is 1. The minimum Gasteiger partial charge on any atom is -0.378 e. The van der Waals surface area contributed by atoms with Crippen molar-refractivity contribution in [2.24, 2.45) is 0 Å². The van der Waals surface area contributed by atoms with E-state index in [9.17, 15) is 4.79 Å². The smallest absolute Gasteiger partial charge is 0.277 e. The van der Waals surface area contributed by atoms with Crippen LogP contribution in [0.4, 0.5) is 11.4 Å². The molecule has 1 aliphatic heterocycles. The van der Waals surface area contributed by atoms with Crippen molar-refractivity contribution in [1.29, 1.82) is 0 Å². The van der Waals surface area contributed by atoms with Gasteiger partial charge in [-0.25, -0.2) is 4.68 Å². The first-order valence-corrected chi connectivity index (χ1v) is 6.85. The second-order valence-corrected chi connectivity index (χ2v) is 5.29. The lowest BCUT2D eigenvalue weighted by atomic mass is 10.2. The average Bonchev–Trinajstić information content (AvgIpc) is 2.86. The van der Waals surface area contributed by atoms with Gasteiger partial charge in [0.1, 0.15) is 0 Å². The largest absolute Gasteiger partial charge is 0.378 e. The molecule has 2 heterocycles. The van der Waals surface area contributed by atoms with Gasteiger partial charge in [0.15, 0.2) is 5.69 Å². The van der Waals surface area contributed by atoms with Crippen LogP contribution in [0.15, 0.2) is 30.5 Å². The van der Waals surface area contributed by atoms with Crippen LogP contribution in [0.1, 0.15) is 16.5 Å². The number of anilines is 2. The van der Waals surface area contributed by atoms with Crippen LogP contribution in [0.2, 0.25) is 0 Å². The molecular weight excluding hydrogens is 268 g/mol. The molecule has 2 N–H and O–H groups in total. The van der Waals surface area contributed by atoms with Crippen LogP contribution in [-0.2, 0) is 0 Å². The van der Waals surface area contributed by atoms with E-state index in [1.807, 2.05) is 43.3 Å². The van der Waals surface area contributed by atoms with E-state index in [4.69, 9.17) is 0 Å². The highest BCUT2D eigenvalue weighted by molar-refractivity contribution is 6.02. The van der Waals surface area contributed by atoms with Gasteiger partial charge in [-0.2, -0.15) is 0 Å². The third-order valence-electron chi connectivity index (χ3n) is 3.52. The Balaban J connectivity index is 1.66. The normalized spacial score (nSPS) is 14.6. The molecule has 0 aliphatic carbocycles. The molecule has 110 valence electrons. The number of carbonyl (C=O) groups is 1. The molecule has 1 amide bonds. The van der Waals surface area contributed by atoms with Crippen molar-refractivity contribution in [3.63, 3.8) is 0 Å². The Kier molecular flexibility index (Phi) is 3.57. The second-order valence-electron chi connectivity index (χ2n) is 5.29. The topological polar surface area (TPSA) is 75.1 Å². The van der Waals surface area contributed by atoms with E-state index in [2.05, 4.69) is 20.9 Å². The number of rotatable bonds is 4. The maximum atomic E-state index is 12.1. The van der Waals surface area contributed by atoms with Gasteiger partial charge in [0, 0.05) is 38.6 Å². The summed E-state index contributed by atoms with van der Waals surface area (Å²) in [6, 6.07) is 7.94. The Bertz CT molecular complexity index is 629. The molecule has 2 aromatic rings. The monoisotopic (exact) mass is 286 g/mol. The molecule has 7 heteroatoms. The number of carbonyl (C=O) groups excluding carboxylic acids is 1. The molecule has 1 aromatic heterocycles. The maximum absolute atomic E-state index is 12.1. The molecule has 0 spiro atoms. The van der Waals surface area contributed by atoms with E-state index < -0.39 is 0 Å². The molecule has 0 unspecified atom stereocenters. The van der Waals surface area contributed by atoms with E-state index in [0.717, 1.165) is 24.5 Å². The molecule has 1 aromatic carbocycles. The summed E-state index contributed by atoms with van der Waals surface area (Å²) in [6.07, 6.45) is 1.69. The highest BCUT2D eigenvalue weighted by atomic mass is 16.2. The van der Waals surface area contributed by atoms with Gasteiger partial charge in [0.25, 0.3) is 5.91 Å². The molecule has 7 nitrogen and oxygen atoms in total. The van der Waals surface area contributed by atoms with Crippen LogP contribution in [-0.4, -0.2) is 48.1 Å². The highest BCUT2D eigenvalue weighted by Gasteiger charge is 2.21. The fraction of sp³-hybridized carbons (Fsp3) is 0.357. The number of nitrogens with zero attached hydrogens (tertiary/aromatic N) is 4. The molecule has 0 atom stereocenters. The quantitative estimate of drug-likeness (QED) is 0.867. The van der Waals surface area contributed by atoms with E-state index in [0.29, 0.717) is 11.7 Å². The summed E-state index contributed by atoms with van der Waals surface area (Å²) in [5, 5.41) is 13.9. The molecule has 1 fully saturated rings. The molecule has 21 heavy (non-hydrogen) atoms. The van der Waals surface area contributed by atoms with Crippen molar-refractivity contribution in [3.05, 3.63) is 36.2 Å². The second kappa shape index (κ2) is 5.53. The van der Waals surface area contributed by atoms with Crippen molar-refractivity contribution in [2.75, 3.05) is 37.4 Å². The fourth-order valence-corrected chi connectivity index (χ4v) is 2.06. The van der Waals surface area contributed by atoms with Gasteiger partial charge < -0.3 is 15.5 Å². The van der Waals surface area contributed by atoms with Crippen LogP contribution in [0.5, 0.6) is 0 Å². The third-order valence-corrected chi connectivity index (χ3v) is 3.52. The van der Waals surface area contributed by atoms with E-state index in [1.54, 1.807) is 10.9 Å². The molecule has 1 saturated heterocycles. The molecule has 1 aliphatic rings. The Morgan fingerprint density at radius 1 is 1.33 bits per heavy atom. The van der Waals surface area contributed by atoms with Gasteiger partial charge in [-0.15, -0.1) is 5.10 Å². The lowest BCUT2D eigenvalue weighted by Gasteiger charge is -2.26. The minimum absolute atomic E-state index is 0.244. The van der Waals surface area contributed by atoms with Gasteiger partial charge in [0.2, 0.25) is 0 Å². The van der Waals surface area contributed by atoms with Crippen molar-refractivity contribution in [2.45, 2.75) is 6.04 Å². The van der Waals surface area contributed by atoms with Crippen LogP contribution in [0, 0.1) is 0 Å². The Hall–Kier alpha value is -2.41. The van der Waals surface area contributed by atoms with Crippen LogP contribution >= 0.6 is 0 Å². The Labute approximate surface area is 122 Å². The fourth-order valence-electron chi connectivity index (χ4n) is 2.06. The van der Waals surface area contributed by atoms with Crippen LogP contribution in [0.25, 0.3) is 0 Å². The molecule has 0 saturated carbocycles. The summed E-state index contributed by atoms with van der Waals surface area (Å²) < 4.78 is 1.74. The van der Waals surface area contributed by atoms with E-state index in [-0.39, 0.29) is 5.91 Å². The van der Waals surface area contributed by atoms with Crippen molar-refractivity contribution >= 4 is 17.3 Å². The van der Waals surface area contributed by atoms with E-state index >= 15 is 0 Å². The standard InChI is InChI=1S/C14H18N6O/c1-19(2)11-5-3-10(4-6-11)16-14(21)13-9-20(18-17-13)12-7-15-8-12/h3-6,9,12,15H,7-8H2,1-2H3,(H,16,21). The molecule has 3 rings (SSSR count). The van der Waals surface area contributed by atoms with Crippen molar-refractivity contribution in [3.8, 4) is 0 Å². The Morgan fingerprint density at radius 2 is 2.05 bits per heavy atom. The van der Waals surface area contributed by atoms with Crippen LogP contribution in [0.3, 0.4) is 0 Å². The SMILES string of the molecule is CN(C)c1ccc(NC(=O)c2cn(C3CNC3)nn2)cc1. The van der Waals surface area contributed by atoms with Crippen molar-refractivity contribution in [1.82, 2.24) is 20.3 Å². The summed E-state index contributed by atoms with van der Waals surface area (Å²) in [4.78, 5) is 14.1. The molecular formula is C14H18N6O. The average molecular weight is 286 g/mol. The summed E-state index contributed by atoms with van der Waals surface area (Å²) in [5.41, 5.74) is 2.15. The number of amides is 1. The predicted octanol–water partition coefficient (Wildman–Crippen LogP) is 0.741. The first kappa shape index (κ1) is 13.6. The number of nitrogens with one attached hydrogen (secondary N) is 2. The van der Waals surface area contributed by atoms with Gasteiger partial charge in [-0.1, -0.05) is 5.21 Å². The number of hydrogen-bond donors (Lipinski definition) is 2. The minimum atomic E-state index is -0.244. The maximum Gasteiger partial charge on any atom is 0.277 e. The van der Waals surface area contributed by atoms with Gasteiger partial charge in [-0.3, -0.25) is 4.79 Å². The highest BCUT2D eigenvalue weighted by Crippen LogP contribution is 2.16. The lowest BCUT2D eigenvalue weighted by Crippen LogP contribution is -2.43. The number of hydrogen-bond acceptors (Lipinski definition) is 5. The van der Waals surface area contributed by atoms with Crippen LogP contribution < -0.4 is 15.5 Å². The summed E-state index contributed by atoms with van der Waals surface area (Å²) in [6.45, 7) is 1.74. The van der Waals surface area contributed by atoms with Gasteiger partial charge in [0.05, 0.1) is 12.2 Å². The predicted molar refractivity (Wildman–Crippen MR) is 80.7 cm³/mol. The zero-order valence-corrected chi connectivity index (χ0v) is 12.1. The first-order chi connectivity index (χ1) is 10.1. The summed E-state index contributed by atoms with van der Waals surface area (Å²) in [7, 11) is 3.95. The zero-order valence-electron chi connectivity index (χ0n) is 12.1. The lowest BCUT2D eigenvalue weighted by molar-refractivity contribution is 0.102. The Morgan fingerprint density at radius 3 is 2.62 bits per heavy atom. The first-order valence-electron chi connectivity index (χ1n) is 6.85. The molecule has 0 bridgehead atoms. The molecule has 0 radical (unpaired) electrons. The van der Waals surface area contributed by atoms with E-state index in [1.165, 1.54) is 0 Å². The summed E-state index contributed by atoms with van der Waals surface area (Å²) in [5.74, 6) is -0.244. The third kappa shape index (κ3) is 2.87. The summed E-state index contributed by atoms with van der Waals surface area (Å²) >= 11 is 0. The number of aromatic nitrogens is 3. The van der Waals surface area contributed by atoms with Gasteiger partial charge >= 0.3 is 0 Å². The van der Waals surface area contributed by atoms with Gasteiger partial charge in [-0.05, 0) is 24.3 Å². The zero-order chi connectivity index (χ0) is 14.8. The van der Waals surface area contributed by atoms with Crippen molar-refractivity contribution < 1.29 is 4.79 Å².